The molecule has 26 heavy (non-hydrogen) atoms. The van der Waals surface area contributed by atoms with Crippen LogP contribution in [0.3, 0.4) is 0 Å². The second-order valence-electron chi connectivity index (χ2n) is 10.9. The molecule has 5 heteroatoms. The predicted octanol–water partition coefficient (Wildman–Crippen LogP) is 8.08. The van der Waals surface area contributed by atoms with E-state index in [9.17, 15) is 0 Å². The van der Waals surface area contributed by atoms with Crippen LogP contribution in [0.25, 0.3) is 0 Å². The number of hydrogen-bond donors (Lipinski definition) is 0. The van der Waals surface area contributed by atoms with E-state index in [1.807, 2.05) is 10.3 Å². The first-order valence-corrected chi connectivity index (χ1v) is 17.2. The van der Waals surface area contributed by atoms with Gasteiger partial charge in [0.1, 0.15) is 0 Å². The van der Waals surface area contributed by atoms with Gasteiger partial charge in [0, 0.05) is 31.8 Å². The third kappa shape index (κ3) is 5.41. The molecule has 0 fully saturated rings. The summed E-state index contributed by atoms with van der Waals surface area (Å²) in [6, 6.07) is 2.36. The second kappa shape index (κ2) is 8.62. The van der Waals surface area contributed by atoms with Crippen molar-refractivity contribution in [1.82, 2.24) is 9.34 Å². The average Bonchev–Trinajstić information content (AvgIpc) is 3.10. The summed E-state index contributed by atoms with van der Waals surface area (Å²) in [5, 5.41) is 1.86. The van der Waals surface area contributed by atoms with Crippen LogP contribution in [0.1, 0.15) is 76.2 Å². The van der Waals surface area contributed by atoms with Gasteiger partial charge in [0.05, 0.1) is 16.0 Å². The fraction of sp³-hybridized carbons (Fsp3) is 0.905. The van der Waals surface area contributed by atoms with Crippen LogP contribution < -0.4 is 0 Å². The molecule has 0 aromatic heterocycles. The molecule has 0 aromatic carbocycles. The van der Waals surface area contributed by atoms with E-state index < -0.39 is 8.07 Å². The Labute approximate surface area is 168 Å². The number of rotatable bonds is 8. The van der Waals surface area contributed by atoms with Crippen LogP contribution in [0, 0.1) is 5.41 Å². The number of nitrogens with zero attached hydrogens (tertiary/aromatic N) is 2. The highest BCUT2D eigenvalue weighted by atomic mass is 32.1. The zero-order valence-electron chi connectivity index (χ0n) is 20.1. The largest absolute Gasteiger partial charge is 0.261 e. The minimum absolute atomic E-state index is 0.114. The third-order valence-corrected chi connectivity index (χ3v) is 18.1. The SMILES string of the molecule is CC(C)N(C(C)C)P(N(C(C)C)C(C)C)P1C(C(C)(C)C)=C1[Si](C)(C)C. The molecule has 0 saturated heterocycles. The maximum Gasteiger partial charge on any atom is 0.0796 e. The summed E-state index contributed by atoms with van der Waals surface area (Å²) in [6.45, 7) is 34.2. The molecule has 0 bridgehead atoms. The molecule has 0 radical (unpaired) electrons. The normalized spacial score (nSPS) is 19.5. The van der Waals surface area contributed by atoms with E-state index in [0.29, 0.717) is 29.6 Å². The van der Waals surface area contributed by atoms with Gasteiger partial charge in [-0.25, -0.2) is 0 Å². The highest BCUT2D eigenvalue weighted by Crippen LogP contribution is 2.94. The van der Waals surface area contributed by atoms with E-state index in [1.54, 1.807) is 0 Å². The number of hydrogen-bond acceptors (Lipinski definition) is 2. The van der Waals surface area contributed by atoms with Crippen LogP contribution in [0.2, 0.25) is 19.6 Å². The summed E-state index contributed by atoms with van der Waals surface area (Å²) in [6.07, 6.45) is 0. The van der Waals surface area contributed by atoms with Crippen LogP contribution in [0.5, 0.6) is 0 Å². The van der Waals surface area contributed by atoms with Crippen LogP contribution in [0.4, 0.5) is 0 Å². The molecule has 1 aliphatic rings. The Morgan fingerprint density at radius 2 is 1.04 bits per heavy atom. The van der Waals surface area contributed by atoms with Crippen molar-refractivity contribution in [3.05, 3.63) is 10.3 Å². The van der Waals surface area contributed by atoms with E-state index in [4.69, 9.17) is 0 Å². The molecule has 0 amide bonds. The highest BCUT2D eigenvalue weighted by molar-refractivity contribution is 8.35. The first kappa shape index (κ1) is 24.8. The zero-order valence-corrected chi connectivity index (χ0v) is 22.9. The van der Waals surface area contributed by atoms with Crippen molar-refractivity contribution < 1.29 is 0 Å². The van der Waals surface area contributed by atoms with Crippen LogP contribution in [-0.2, 0) is 0 Å². The Bertz CT molecular complexity index is 453. The summed E-state index contributed by atoms with van der Waals surface area (Å²) < 4.78 is 5.75. The Kier molecular flexibility index (Phi) is 8.22. The lowest BCUT2D eigenvalue weighted by Crippen LogP contribution is -2.41. The molecule has 0 aromatic rings. The molecule has 1 heterocycles. The van der Waals surface area contributed by atoms with Crippen molar-refractivity contribution in [2.75, 3.05) is 0 Å². The quantitative estimate of drug-likeness (QED) is 0.291. The van der Waals surface area contributed by atoms with Gasteiger partial charge >= 0.3 is 0 Å². The molecular formula is C21H46N2P2Si. The Morgan fingerprint density at radius 3 is 1.19 bits per heavy atom. The molecule has 154 valence electrons. The predicted molar refractivity (Wildman–Crippen MR) is 128 cm³/mol. The molecule has 2 nitrogen and oxygen atoms in total. The standard InChI is InChI=1S/C21H46N2P2Si/c1-15(2)22(16(3)4)25(23(17(5)6)18(7)8)24-19(21(9,10)11)20(24)26(12,13)14/h15-18H,1-14H3. The Balaban J connectivity index is 3.52. The highest BCUT2D eigenvalue weighted by Gasteiger charge is 2.56. The molecular weight excluding hydrogens is 370 g/mol. The van der Waals surface area contributed by atoms with E-state index in [1.165, 1.54) is 0 Å². The first-order chi connectivity index (χ1) is 11.5. The molecule has 0 aliphatic carbocycles. The smallest absolute Gasteiger partial charge is 0.0796 e. The van der Waals surface area contributed by atoms with Crippen molar-refractivity contribution >= 4 is 23.6 Å². The van der Waals surface area contributed by atoms with Gasteiger partial charge in [0.15, 0.2) is 0 Å². The molecule has 1 rings (SSSR count). The summed E-state index contributed by atoms with van der Waals surface area (Å²) >= 11 is 0. The topological polar surface area (TPSA) is 6.48 Å². The van der Waals surface area contributed by atoms with E-state index in [-0.39, 0.29) is 15.5 Å². The summed E-state index contributed by atoms with van der Waals surface area (Å²) in [7, 11) is -1.70. The molecule has 1 unspecified atom stereocenters. The first-order valence-electron chi connectivity index (χ1n) is 10.4. The number of allylic oxidation sites excluding steroid dienone is 1. The lowest BCUT2D eigenvalue weighted by molar-refractivity contribution is 0.264. The molecule has 0 saturated carbocycles. The molecule has 0 spiro atoms. The van der Waals surface area contributed by atoms with Crippen molar-refractivity contribution in [2.45, 2.75) is 120 Å². The van der Waals surface area contributed by atoms with Gasteiger partial charge in [0.2, 0.25) is 0 Å². The molecule has 1 atom stereocenters. The van der Waals surface area contributed by atoms with Gasteiger partial charge in [0.25, 0.3) is 0 Å². The van der Waals surface area contributed by atoms with Crippen molar-refractivity contribution in [3.8, 4) is 0 Å². The molecule has 1 aliphatic heterocycles. The fourth-order valence-corrected chi connectivity index (χ4v) is 23.4. The van der Waals surface area contributed by atoms with Gasteiger partial charge < -0.3 is 0 Å². The zero-order chi connectivity index (χ0) is 20.8. The third-order valence-electron chi connectivity index (χ3n) is 4.73. The Morgan fingerprint density at radius 1 is 0.731 bits per heavy atom. The van der Waals surface area contributed by atoms with Gasteiger partial charge in [-0.15, -0.1) is 0 Å². The monoisotopic (exact) mass is 416 g/mol. The fourth-order valence-electron chi connectivity index (χ4n) is 4.03. The van der Waals surface area contributed by atoms with Crippen molar-refractivity contribution in [2.24, 2.45) is 5.41 Å². The van der Waals surface area contributed by atoms with E-state index in [0.717, 1.165) is 0 Å². The maximum atomic E-state index is 2.87. The molecule has 0 N–H and O–H groups in total. The van der Waals surface area contributed by atoms with Crippen LogP contribution in [-0.4, -0.2) is 41.6 Å². The maximum absolute atomic E-state index is 2.87. The lowest BCUT2D eigenvalue weighted by Gasteiger charge is -2.48. The van der Waals surface area contributed by atoms with Gasteiger partial charge in [-0.3, -0.25) is 9.34 Å². The second-order valence-corrected chi connectivity index (χ2v) is 21.6. The average molecular weight is 417 g/mol. The van der Waals surface area contributed by atoms with Crippen LogP contribution in [0.15, 0.2) is 10.3 Å². The van der Waals surface area contributed by atoms with Gasteiger partial charge in [-0.1, -0.05) is 40.4 Å². The van der Waals surface area contributed by atoms with Gasteiger partial charge in [-0.2, -0.15) is 0 Å². The van der Waals surface area contributed by atoms with E-state index >= 15 is 0 Å². The Hall–Kier alpha value is 0.737. The van der Waals surface area contributed by atoms with Crippen molar-refractivity contribution in [3.63, 3.8) is 0 Å². The summed E-state index contributed by atoms with van der Waals surface area (Å²) in [5.41, 5.74) is 0.321. The van der Waals surface area contributed by atoms with E-state index in [2.05, 4.69) is 105 Å². The summed E-state index contributed by atoms with van der Waals surface area (Å²) in [5.74, 6) is 0. The summed E-state index contributed by atoms with van der Waals surface area (Å²) in [4.78, 5) is 1.93. The minimum atomic E-state index is -1.28. The van der Waals surface area contributed by atoms with Crippen LogP contribution >= 0.6 is 15.5 Å². The lowest BCUT2D eigenvalue weighted by atomic mass is 9.97. The van der Waals surface area contributed by atoms with Gasteiger partial charge in [-0.05, 0) is 71.1 Å². The van der Waals surface area contributed by atoms with Crippen molar-refractivity contribution in [1.29, 1.82) is 0 Å². The minimum Gasteiger partial charge on any atom is -0.261 e.